The van der Waals surface area contributed by atoms with E-state index in [-0.39, 0.29) is 33.8 Å². The molecule has 1 aromatic rings. The van der Waals surface area contributed by atoms with Gasteiger partial charge in [-0.25, -0.2) is 8.42 Å². The number of ether oxygens (including phenoxy) is 1. The molecule has 8 rings (SSSR count). The molecule has 1 aromatic heterocycles. The molecular weight excluding hydrogens is 733 g/mol. The Labute approximate surface area is 342 Å². The number of rotatable bonds is 10. The molecule has 314 valence electrons. The largest absolute Gasteiger partial charge is 0.481 e. The van der Waals surface area contributed by atoms with Crippen LogP contribution in [-0.4, -0.2) is 84.4 Å². The highest BCUT2D eigenvalue weighted by Crippen LogP contribution is 2.76. The minimum Gasteiger partial charge on any atom is -0.481 e. The predicted octanol–water partition coefficient (Wildman–Crippen LogP) is 8.30. The highest BCUT2D eigenvalue weighted by atomic mass is 32.2. The van der Waals surface area contributed by atoms with Crippen LogP contribution in [0.4, 0.5) is 0 Å². The molecule has 2 N–H and O–H groups in total. The average Bonchev–Trinajstić information content (AvgIpc) is 3.55. The summed E-state index contributed by atoms with van der Waals surface area (Å²) < 4.78 is 30.0. The van der Waals surface area contributed by atoms with Crippen molar-refractivity contribution in [3.63, 3.8) is 0 Å². The first-order valence-corrected chi connectivity index (χ1v) is 24.1. The van der Waals surface area contributed by atoms with Gasteiger partial charge < -0.3 is 20.1 Å². The van der Waals surface area contributed by atoms with Gasteiger partial charge in [0.1, 0.15) is 12.0 Å². The molecule has 9 nitrogen and oxygen atoms in total. The van der Waals surface area contributed by atoms with Gasteiger partial charge in [0.15, 0.2) is 9.84 Å². The number of sulfone groups is 1. The van der Waals surface area contributed by atoms with Crippen LogP contribution in [0.1, 0.15) is 119 Å². The Morgan fingerprint density at radius 3 is 2.40 bits per heavy atom. The summed E-state index contributed by atoms with van der Waals surface area (Å²) in [6.07, 6.45) is 19.3. The maximum Gasteiger partial charge on any atom is 0.313 e. The quantitative estimate of drug-likeness (QED) is 0.225. The van der Waals surface area contributed by atoms with Gasteiger partial charge in [0, 0.05) is 44.0 Å². The van der Waals surface area contributed by atoms with E-state index in [1.165, 1.54) is 68.1 Å². The lowest BCUT2D eigenvalue weighted by atomic mass is 9.33. The van der Waals surface area contributed by atoms with Gasteiger partial charge in [0.2, 0.25) is 5.88 Å². The standard InChI is InChI=1S/C47H70N4O5S/c1-32(2)34-14-21-47(48-25-26-51-27-29-57(54,55)30-28-51)23-22-44(6)36(40(34)47)10-11-38-43(5)17-15-35(42(3,4)37(43)16-18-45(38,44)7)33-12-19-46(20-13-33,41(52)53)31-56-39-9-8-24-49-50-39/h8-9,12,15,24,34,36-38,40,48H,1,10-11,13-14,16-23,25-31H2,2-7H3,(H,52,53)/t34-,36+,37-,38+,40+,43-,44+,45+,46?,47-/m0/s1. The molecule has 0 spiro atoms. The number of aromatic nitrogens is 2. The van der Waals surface area contributed by atoms with Gasteiger partial charge in [0.05, 0.1) is 11.5 Å². The molecule has 10 heteroatoms. The van der Waals surface area contributed by atoms with Crippen LogP contribution < -0.4 is 10.1 Å². The van der Waals surface area contributed by atoms with E-state index in [1.807, 2.05) is 0 Å². The number of nitrogens with zero attached hydrogens (tertiary/aromatic N) is 3. The molecule has 1 aliphatic heterocycles. The lowest BCUT2D eigenvalue weighted by molar-refractivity contribution is -0.221. The lowest BCUT2D eigenvalue weighted by Gasteiger charge is -2.72. The van der Waals surface area contributed by atoms with Crippen LogP contribution in [0.2, 0.25) is 0 Å². The van der Waals surface area contributed by atoms with E-state index in [0.29, 0.717) is 72.9 Å². The summed E-state index contributed by atoms with van der Waals surface area (Å²) in [4.78, 5) is 15.0. The summed E-state index contributed by atoms with van der Waals surface area (Å²) >= 11 is 0. The molecule has 10 atom stereocenters. The van der Waals surface area contributed by atoms with E-state index in [4.69, 9.17) is 4.74 Å². The summed E-state index contributed by atoms with van der Waals surface area (Å²) in [7, 11) is -2.87. The number of allylic oxidation sites excluding steroid dienone is 5. The van der Waals surface area contributed by atoms with Crippen molar-refractivity contribution in [1.82, 2.24) is 20.4 Å². The number of nitrogens with one attached hydrogen (secondary N) is 1. The maximum atomic E-state index is 12.7. The maximum absolute atomic E-state index is 12.7. The molecule has 5 fully saturated rings. The fourth-order valence-corrected chi connectivity index (χ4v) is 16.4. The van der Waals surface area contributed by atoms with Crippen molar-refractivity contribution in [2.75, 3.05) is 44.3 Å². The molecule has 1 unspecified atom stereocenters. The first kappa shape index (κ1) is 41.2. The summed E-state index contributed by atoms with van der Waals surface area (Å²) in [5, 5.41) is 22.5. The van der Waals surface area contributed by atoms with Crippen molar-refractivity contribution >= 4 is 15.8 Å². The highest BCUT2D eigenvalue weighted by Gasteiger charge is 2.70. The second-order valence-corrected chi connectivity index (χ2v) is 23.5. The predicted molar refractivity (Wildman–Crippen MR) is 225 cm³/mol. The number of hydrogen-bond acceptors (Lipinski definition) is 8. The average molecular weight is 803 g/mol. The van der Waals surface area contributed by atoms with E-state index in [0.717, 1.165) is 25.9 Å². The highest BCUT2D eigenvalue weighted by molar-refractivity contribution is 7.91. The molecule has 4 saturated carbocycles. The van der Waals surface area contributed by atoms with Crippen LogP contribution in [0.15, 0.2) is 53.8 Å². The zero-order chi connectivity index (χ0) is 40.6. The first-order chi connectivity index (χ1) is 26.9. The normalized spacial score (nSPS) is 42.3. The summed E-state index contributed by atoms with van der Waals surface area (Å²) in [5.41, 5.74) is 4.04. The van der Waals surface area contributed by atoms with Crippen molar-refractivity contribution in [2.24, 2.45) is 56.7 Å². The molecule has 7 aliphatic rings. The zero-order valence-electron chi connectivity index (χ0n) is 35.7. The van der Waals surface area contributed by atoms with Gasteiger partial charge in [-0.15, -0.1) is 5.10 Å². The van der Waals surface area contributed by atoms with Gasteiger partial charge in [-0.1, -0.05) is 58.9 Å². The Morgan fingerprint density at radius 1 is 0.965 bits per heavy atom. The Kier molecular flexibility index (Phi) is 10.5. The van der Waals surface area contributed by atoms with E-state index < -0.39 is 21.2 Å². The second-order valence-electron chi connectivity index (χ2n) is 21.2. The van der Waals surface area contributed by atoms with E-state index >= 15 is 0 Å². The zero-order valence-corrected chi connectivity index (χ0v) is 36.6. The number of carboxylic acids is 1. The number of carbonyl (C=O) groups is 1. The van der Waals surface area contributed by atoms with Crippen molar-refractivity contribution in [2.45, 2.75) is 124 Å². The number of aliphatic carboxylic acids is 1. The second kappa shape index (κ2) is 14.6. The molecule has 0 amide bonds. The van der Waals surface area contributed by atoms with Crippen molar-refractivity contribution in [1.29, 1.82) is 0 Å². The van der Waals surface area contributed by atoms with Gasteiger partial charge in [-0.3, -0.25) is 4.79 Å². The molecule has 6 aliphatic carbocycles. The summed E-state index contributed by atoms with van der Waals surface area (Å²) in [5.74, 6) is 3.17. The van der Waals surface area contributed by atoms with Gasteiger partial charge in [0.25, 0.3) is 0 Å². The smallest absolute Gasteiger partial charge is 0.313 e. The third-order valence-electron chi connectivity index (χ3n) is 18.4. The van der Waals surface area contributed by atoms with Crippen molar-refractivity contribution < 1.29 is 23.1 Å². The number of fused-ring (bicyclic) bond motifs is 7. The minimum atomic E-state index is -2.87. The lowest BCUT2D eigenvalue weighted by Crippen LogP contribution is -2.68. The van der Waals surface area contributed by atoms with Crippen LogP contribution in [-0.2, 0) is 14.6 Å². The van der Waals surface area contributed by atoms with Gasteiger partial charge in [-0.2, -0.15) is 5.10 Å². The first-order valence-electron chi connectivity index (χ1n) is 22.3. The Balaban J connectivity index is 1.01. The summed E-state index contributed by atoms with van der Waals surface area (Å²) in [6.45, 7) is 23.2. The fraction of sp³-hybridized carbons (Fsp3) is 0.766. The Hall–Kier alpha value is -2.56. The monoisotopic (exact) mass is 803 g/mol. The molecule has 57 heavy (non-hydrogen) atoms. The van der Waals surface area contributed by atoms with Crippen LogP contribution in [0.3, 0.4) is 0 Å². The number of carboxylic acid groups (broad SMARTS) is 1. The van der Waals surface area contributed by atoms with Crippen LogP contribution >= 0.6 is 0 Å². The van der Waals surface area contributed by atoms with E-state index in [2.05, 4.69) is 80.7 Å². The molecule has 1 saturated heterocycles. The summed E-state index contributed by atoms with van der Waals surface area (Å²) in [6, 6.07) is 3.48. The van der Waals surface area contributed by atoms with E-state index in [9.17, 15) is 18.3 Å². The Morgan fingerprint density at radius 2 is 1.74 bits per heavy atom. The molecule has 0 radical (unpaired) electrons. The molecule has 2 heterocycles. The number of hydrogen-bond donors (Lipinski definition) is 2. The molecule has 0 aromatic carbocycles. The third kappa shape index (κ3) is 6.68. The molecular formula is C47H70N4O5S. The fourth-order valence-electron chi connectivity index (χ4n) is 15.1. The SMILES string of the molecule is C=C(C)[C@@H]1CC[C@]2(NCCN3CCS(=O)(=O)CC3)CC[C@]3(C)[C@H](CC[C@@H]4[C@@]5(C)CC=C(C6=CCC(COc7cccnn7)(C(=O)O)CC6)C(C)(C)[C@@H]5CC[C@]43C)[C@@H]12. The van der Waals surface area contributed by atoms with Crippen LogP contribution in [0, 0.1) is 56.7 Å². The van der Waals surface area contributed by atoms with E-state index in [1.54, 1.807) is 18.3 Å². The third-order valence-corrected chi connectivity index (χ3v) is 20.1. The van der Waals surface area contributed by atoms with Gasteiger partial charge >= 0.3 is 5.97 Å². The Bertz CT molecular complexity index is 1900. The topological polar surface area (TPSA) is 122 Å². The van der Waals surface area contributed by atoms with Crippen molar-refractivity contribution in [3.05, 3.63) is 53.8 Å². The van der Waals surface area contributed by atoms with Crippen LogP contribution in [0.25, 0.3) is 0 Å². The van der Waals surface area contributed by atoms with Crippen LogP contribution in [0.5, 0.6) is 5.88 Å². The van der Waals surface area contributed by atoms with Gasteiger partial charge in [-0.05, 0) is 152 Å². The molecule has 0 bridgehead atoms. The van der Waals surface area contributed by atoms with Crippen molar-refractivity contribution in [3.8, 4) is 5.88 Å². The minimum absolute atomic E-state index is 0.00203.